The van der Waals surface area contributed by atoms with E-state index in [0.717, 1.165) is 77.0 Å². The van der Waals surface area contributed by atoms with E-state index in [2.05, 4.69) is 0 Å². The molecule has 0 atom stereocenters. The zero-order valence-electron chi connectivity index (χ0n) is 14.8. The second-order valence-corrected chi connectivity index (χ2v) is 7.82. The molecule has 2 aliphatic carbocycles. The van der Waals surface area contributed by atoms with Crippen molar-refractivity contribution in [3.05, 3.63) is 20.2 Å². The van der Waals surface area contributed by atoms with Crippen molar-refractivity contribution in [2.24, 2.45) is 0 Å². The molecule has 0 radical (unpaired) electrons. The van der Waals surface area contributed by atoms with Crippen molar-refractivity contribution in [1.82, 2.24) is 0 Å². The summed E-state index contributed by atoms with van der Waals surface area (Å²) in [4.78, 5) is 24.0. The summed E-state index contributed by atoms with van der Waals surface area (Å²) >= 11 is 0. The van der Waals surface area contributed by atoms with E-state index in [1.165, 1.54) is 0 Å². The topological polar surface area (TPSA) is 86.3 Å². The molecule has 0 aromatic carbocycles. The smallest absolute Gasteiger partial charge is 0.264 e. The summed E-state index contributed by atoms with van der Waals surface area (Å²) in [6, 6.07) is 0. The zero-order chi connectivity index (χ0) is 17.5. The van der Waals surface area contributed by atoms with Gasteiger partial charge in [0.1, 0.15) is 0 Å². The minimum Gasteiger partial charge on any atom is -0.264 e. The van der Waals surface area contributed by atoms with E-state index in [-0.39, 0.29) is 9.85 Å². The minimum absolute atomic E-state index is 0.237. The van der Waals surface area contributed by atoms with Crippen LogP contribution in [0.1, 0.15) is 103 Å². The molecule has 0 unspecified atom stereocenters. The molecular formula is C18H32N2O4. The van der Waals surface area contributed by atoms with Crippen LogP contribution in [0.25, 0.3) is 0 Å². The highest BCUT2D eigenvalue weighted by molar-refractivity contribution is 5.01. The second kappa shape index (κ2) is 8.77. The Morgan fingerprint density at radius 2 is 0.667 bits per heavy atom. The molecule has 6 nitrogen and oxygen atoms in total. The van der Waals surface area contributed by atoms with Gasteiger partial charge in [-0.3, -0.25) is 20.2 Å². The van der Waals surface area contributed by atoms with Crippen LogP contribution >= 0.6 is 0 Å². The molecule has 6 heteroatoms. The van der Waals surface area contributed by atoms with E-state index < -0.39 is 11.1 Å². The van der Waals surface area contributed by atoms with E-state index in [0.29, 0.717) is 25.7 Å². The summed E-state index contributed by atoms with van der Waals surface area (Å²) in [5.41, 5.74) is -2.74. The Morgan fingerprint density at radius 3 is 0.875 bits per heavy atom. The first-order chi connectivity index (χ1) is 11.6. The lowest BCUT2D eigenvalue weighted by Crippen LogP contribution is -2.63. The van der Waals surface area contributed by atoms with Crippen LogP contribution in [-0.4, -0.2) is 20.9 Å². The van der Waals surface area contributed by atoms with Crippen LogP contribution in [0, 0.1) is 20.2 Å². The summed E-state index contributed by atoms with van der Waals surface area (Å²) in [6.07, 6.45) is 12.7. The van der Waals surface area contributed by atoms with E-state index >= 15 is 0 Å². The molecule has 24 heavy (non-hydrogen) atoms. The number of hydrogen-bond acceptors (Lipinski definition) is 4. The lowest BCUT2D eigenvalue weighted by atomic mass is 9.66. The van der Waals surface area contributed by atoms with Gasteiger partial charge in [0.05, 0.1) is 0 Å². The average molecular weight is 340 g/mol. The Bertz CT molecular complexity index is 379. The fourth-order valence-corrected chi connectivity index (χ4v) is 4.97. The van der Waals surface area contributed by atoms with E-state index in [4.69, 9.17) is 0 Å². The summed E-state index contributed by atoms with van der Waals surface area (Å²) in [5, 5.41) is 24.5. The maximum atomic E-state index is 12.2. The van der Waals surface area contributed by atoms with E-state index in [1.807, 2.05) is 0 Å². The molecule has 2 fully saturated rings. The Hall–Kier alpha value is -1.20. The highest BCUT2D eigenvalue weighted by Crippen LogP contribution is 2.46. The third-order valence-corrected chi connectivity index (χ3v) is 6.43. The lowest BCUT2D eigenvalue weighted by Gasteiger charge is -2.37. The molecule has 0 amide bonds. The molecule has 138 valence electrons. The summed E-state index contributed by atoms with van der Waals surface area (Å²) < 4.78 is 0. The maximum absolute atomic E-state index is 12.2. The van der Waals surface area contributed by atoms with Gasteiger partial charge in [-0.05, 0) is 25.7 Å². The van der Waals surface area contributed by atoms with Crippen molar-refractivity contribution in [3.8, 4) is 0 Å². The molecule has 0 saturated heterocycles. The Kier molecular flexibility index (Phi) is 6.99. The molecule has 2 rings (SSSR count). The van der Waals surface area contributed by atoms with E-state index in [9.17, 15) is 20.2 Å². The van der Waals surface area contributed by atoms with Crippen molar-refractivity contribution in [1.29, 1.82) is 0 Å². The molecule has 0 aromatic heterocycles. The van der Waals surface area contributed by atoms with Crippen molar-refractivity contribution >= 4 is 0 Å². The monoisotopic (exact) mass is 340 g/mol. The largest absolute Gasteiger partial charge is 0.290 e. The number of nitrogens with zero attached hydrogens (tertiary/aromatic N) is 2. The molecule has 2 saturated carbocycles. The van der Waals surface area contributed by atoms with Crippen LogP contribution in [0.5, 0.6) is 0 Å². The first-order valence-corrected chi connectivity index (χ1v) is 9.84. The standard InChI is InChI=1S/C18H32N2O4/c21-19(22)17(13-9-5-1-2-6-10-14-17)18(20(23)24)15-11-7-3-4-8-12-16-18/h1-16H2. The second-order valence-electron chi connectivity index (χ2n) is 7.82. The molecular weight excluding hydrogens is 308 g/mol. The van der Waals surface area contributed by atoms with Gasteiger partial charge < -0.3 is 0 Å². The third kappa shape index (κ3) is 3.89. The van der Waals surface area contributed by atoms with Crippen LogP contribution in [0.4, 0.5) is 0 Å². The molecule has 0 aliphatic heterocycles. The number of rotatable bonds is 3. The fourth-order valence-electron chi connectivity index (χ4n) is 4.97. The SMILES string of the molecule is O=[N+]([O-])C1(C2([N+](=O)[O-])CCCCCCCC2)CCCCCCCC1. The Labute approximate surface area is 144 Å². The molecule has 0 N–H and O–H groups in total. The van der Waals surface area contributed by atoms with Gasteiger partial charge in [0, 0.05) is 35.5 Å². The van der Waals surface area contributed by atoms with Gasteiger partial charge >= 0.3 is 0 Å². The normalized spacial score (nSPS) is 25.8. The van der Waals surface area contributed by atoms with Crippen LogP contribution in [-0.2, 0) is 0 Å². The lowest BCUT2D eigenvalue weighted by molar-refractivity contribution is -0.690. The quantitative estimate of drug-likeness (QED) is 0.516. The maximum Gasteiger partial charge on any atom is 0.290 e. The van der Waals surface area contributed by atoms with Gasteiger partial charge in [0.25, 0.3) is 11.1 Å². The minimum atomic E-state index is -1.37. The first kappa shape index (κ1) is 19.1. The summed E-state index contributed by atoms with van der Waals surface area (Å²) in [6.45, 7) is 0. The van der Waals surface area contributed by atoms with Crippen molar-refractivity contribution < 1.29 is 9.85 Å². The molecule has 2 aliphatic rings. The van der Waals surface area contributed by atoms with Gasteiger partial charge in [-0.1, -0.05) is 51.4 Å². The van der Waals surface area contributed by atoms with Gasteiger partial charge in [-0.15, -0.1) is 0 Å². The third-order valence-electron chi connectivity index (χ3n) is 6.43. The summed E-state index contributed by atoms with van der Waals surface area (Å²) in [7, 11) is 0. The number of hydrogen-bond donors (Lipinski definition) is 0. The Morgan fingerprint density at radius 1 is 0.458 bits per heavy atom. The predicted molar refractivity (Wildman–Crippen MR) is 93.3 cm³/mol. The zero-order valence-corrected chi connectivity index (χ0v) is 14.8. The molecule has 0 heterocycles. The van der Waals surface area contributed by atoms with Crippen LogP contribution in [0.2, 0.25) is 0 Å². The van der Waals surface area contributed by atoms with Gasteiger partial charge in [-0.25, -0.2) is 0 Å². The number of nitro groups is 2. The van der Waals surface area contributed by atoms with Gasteiger partial charge in [0.2, 0.25) is 0 Å². The average Bonchev–Trinajstić information content (AvgIpc) is 2.75. The molecule has 0 spiro atoms. The highest BCUT2D eigenvalue weighted by atomic mass is 16.6. The van der Waals surface area contributed by atoms with Gasteiger partial charge in [0.15, 0.2) is 0 Å². The van der Waals surface area contributed by atoms with Crippen LogP contribution in [0.15, 0.2) is 0 Å². The Balaban J connectivity index is 2.42. The van der Waals surface area contributed by atoms with E-state index in [1.54, 1.807) is 0 Å². The molecule has 0 bridgehead atoms. The predicted octanol–water partition coefficient (Wildman–Crippen LogP) is 5.29. The summed E-state index contributed by atoms with van der Waals surface area (Å²) in [5.74, 6) is 0. The van der Waals surface area contributed by atoms with Gasteiger partial charge in [-0.2, -0.15) is 0 Å². The van der Waals surface area contributed by atoms with Crippen LogP contribution in [0.3, 0.4) is 0 Å². The van der Waals surface area contributed by atoms with Crippen molar-refractivity contribution in [3.63, 3.8) is 0 Å². The van der Waals surface area contributed by atoms with Crippen molar-refractivity contribution in [2.45, 2.75) is 114 Å². The molecule has 0 aromatic rings. The van der Waals surface area contributed by atoms with Crippen molar-refractivity contribution in [2.75, 3.05) is 0 Å². The fraction of sp³-hybridized carbons (Fsp3) is 1.00. The highest BCUT2D eigenvalue weighted by Gasteiger charge is 2.68. The first-order valence-electron chi connectivity index (χ1n) is 9.84. The van der Waals surface area contributed by atoms with Crippen LogP contribution < -0.4 is 0 Å².